The van der Waals surface area contributed by atoms with Gasteiger partial charge < -0.3 is 15.5 Å². The Morgan fingerprint density at radius 3 is 2.89 bits per heavy atom. The van der Waals surface area contributed by atoms with Crippen molar-refractivity contribution in [2.24, 2.45) is 0 Å². The minimum Gasteiger partial charge on any atom is -0.383 e. The van der Waals surface area contributed by atoms with Crippen molar-refractivity contribution in [1.29, 1.82) is 0 Å². The van der Waals surface area contributed by atoms with Gasteiger partial charge in [0, 0.05) is 24.7 Å². The smallest absolute Gasteiger partial charge is 0.137 e. The van der Waals surface area contributed by atoms with Crippen LogP contribution in [0.2, 0.25) is 0 Å². The summed E-state index contributed by atoms with van der Waals surface area (Å²) in [7, 11) is 2.19. The molecule has 0 spiro atoms. The van der Waals surface area contributed by atoms with Crippen LogP contribution in [0.1, 0.15) is 25.3 Å². The standard InChI is InChI=1S/C13H23N5/c1-4-11-8-17(3)6-5-7-18(11)13-10(2)12(14)15-9-16-13/h9,11H,4-8H2,1-3H3,(H2,14,15,16). The number of hydrogen-bond donors (Lipinski definition) is 1. The van der Waals surface area contributed by atoms with Gasteiger partial charge in [-0.15, -0.1) is 0 Å². The van der Waals surface area contributed by atoms with Crippen LogP contribution in [0.5, 0.6) is 0 Å². The molecule has 5 heteroatoms. The highest BCUT2D eigenvalue weighted by Crippen LogP contribution is 2.25. The molecule has 1 aromatic rings. The van der Waals surface area contributed by atoms with E-state index in [0.717, 1.165) is 43.9 Å². The van der Waals surface area contributed by atoms with Gasteiger partial charge in [0.25, 0.3) is 0 Å². The van der Waals surface area contributed by atoms with E-state index in [1.807, 2.05) is 6.92 Å². The van der Waals surface area contributed by atoms with Crippen LogP contribution < -0.4 is 10.6 Å². The van der Waals surface area contributed by atoms with Crippen LogP contribution in [0, 0.1) is 6.92 Å². The molecule has 0 amide bonds. The molecule has 5 nitrogen and oxygen atoms in total. The van der Waals surface area contributed by atoms with E-state index < -0.39 is 0 Å². The maximum absolute atomic E-state index is 5.89. The lowest BCUT2D eigenvalue weighted by Gasteiger charge is -2.32. The molecule has 0 bridgehead atoms. The van der Waals surface area contributed by atoms with Crippen LogP contribution >= 0.6 is 0 Å². The maximum Gasteiger partial charge on any atom is 0.137 e. The molecular weight excluding hydrogens is 226 g/mol. The van der Waals surface area contributed by atoms with E-state index in [9.17, 15) is 0 Å². The van der Waals surface area contributed by atoms with Crippen molar-refractivity contribution in [2.45, 2.75) is 32.7 Å². The van der Waals surface area contributed by atoms with Crippen molar-refractivity contribution < 1.29 is 0 Å². The van der Waals surface area contributed by atoms with Crippen molar-refractivity contribution in [3.8, 4) is 0 Å². The number of nitrogens with zero attached hydrogens (tertiary/aromatic N) is 4. The van der Waals surface area contributed by atoms with E-state index in [4.69, 9.17) is 5.73 Å². The fourth-order valence-electron chi connectivity index (χ4n) is 2.62. The molecule has 0 saturated carbocycles. The SMILES string of the molecule is CCC1CN(C)CCCN1c1ncnc(N)c1C. The average molecular weight is 249 g/mol. The summed E-state index contributed by atoms with van der Waals surface area (Å²) in [6.45, 7) is 7.51. The Morgan fingerprint density at radius 1 is 1.39 bits per heavy atom. The van der Waals surface area contributed by atoms with Gasteiger partial charge in [-0.05, 0) is 33.4 Å². The first-order valence-corrected chi connectivity index (χ1v) is 6.65. The summed E-state index contributed by atoms with van der Waals surface area (Å²) in [5.74, 6) is 1.59. The molecule has 2 rings (SSSR count). The zero-order valence-corrected chi connectivity index (χ0v) is 11.6. The molecule has 0 aliphatic carbocycles. The summed E-state index contributed by atoms with van der Waals surface area (Å²) in [5, 5.41) is 0. The third-order valence-electron chi connectivity index (χ3n) is 3.74. The van der Waals surface area contributed by atoms with Gasteiger partial charge >= 0.3 is 0 Å². The fraction of sp³-hybridized carbons (Fsp3) is 0.692. The van der Waals surface area contributed by atoms with Crippen molar-refractivity contribution in [2.75, 3.05) is 37.3 Å². The van der Waals surface area contributed by atoms with Gasteiger partial charge in [0.1, 0.15) is 18.0 Å². The normalized spacial score (nSPS) is 21.9. The number of hydrogen-bond acceptors (Lipinski definition) is 5. The molecule has 100 valence electrons. The lowest BCUT2D eigenvalue weighted by Crippen LogP contribution is -2.40. The first-order valence-electron chi connectivity index (χ1n) is 6.65. The van der Waals surface area contributed by atoms with Gasteiger partial charge in [0.05, 0.1) is 0 Å². The predicted octanol–water partition coefficient (Wildman–Crippen LogP) is 1.29. The van der Waals surface area contributed by atoms with Crippen molar-refractivity contribution in [3.05, 3.63) is 11.9 Å². The molecule has 1 saturated heterocycles. The number of nitrogen functional groups attached to an aromatic ring is 1. The molecule has 18 heavy (non-hydrogen) atoms. The van der Waals surface area contributed by atoms with Crippen LogP contribution in [0.3, 0.4) is 0 Å². The molecule has 1 fully saturated rings. The lowest BCUT2D eigenvalue weighted by atomic mass is 10.1. The first-order chi connectivity index (χ1) is 8.63. The Balaban J connectivity index is 2.31. The Kier molecular flexibility index (Phi) is 4.01. The van der Waals surface area contributed by atoms with Crippen molar-refractivity contribution in [1.82, 2.24) is 14.9 Å². The fourth-order valence-corrected chi connectivity index (χ4v) is 2.62. The highest BCUT2D eigenvalue weighted by atomic mass is 15.3. The van der Waals surface area contributed by atoms with Gasteiger partial charge in [-0.1, -0.05) is 6.92 Å². The van der Waals surface area contributed by atoms with E-state index in [0.29, 0.717) is 11.9 Å². The number of likely N-dealkylation sites (N-methyl/N-ethyl adjacent to an activating group) is 1. The number of anilines is 2. The molecule has 1 unspecified atom stereocenters. The van der Waals surface area contributed by atoms with Gasteiger partial charge in [-0.25, -0.2) is 9.97 Å². The Morgan fingerprint density at radius 2 is 2.17 bits per heavy atom. The third-order valence-corrected chi connectivity index (χ3v) is 3.74. The molecule has 2 heterocycles. The zero-order valence-electron chi connectivity index (χ0n) is 11.6. The van der Waals surface area contributed by atoms with Crippen LogP contribution in [0.25, 0.3) is 0 Å². The summed E-state index contributed by atoms with van der Waals surface area (Å²) < 4.78 is 0. The van der Waals surface area contributed by atoms with Crippen LogP contribution in [0.4, 0.5) is 11.6 Å². The van der Waals surface area contributed by atoms with E-state index in [1.165, 1.54) is 0 Å². The highest BCUT2D eigenvalue weighted by Gasteiger charge is 2.24. The lowest BCUT2D eigenvalue weighted by molar-refractivity contribution is 0.327. The molecule has 1 aliphatic rings. The molecule has 2 N–H and O–H groups in total. The summed E-state index contributed by atoms with van der Waals surface area (Å²) in [6.07, 6.45) is 3.85. The number of aromatic nitrogens is 2. The molecule has 1 aliphatic heterocycles. The van der Waals surface area contributed by atoms with Crippen LogP contribution in [-0.2, 0) is 0 Å². The molecular formula is C13H23N5. The second kappa shape index (κ2) is 5.52. The molecule has 0 radical (unpaired) electrons. The summed E-state index contributed by atoms with van der Waals surface area (Å²) in [4.78, 5) is 13.3. The quantitative estimate of drug-likeness (QED) is 0.856. The third kappa shape index (κ3) is 2.56. The van der Waals surface area contributed by atoms with Gasteiger partial charge in [-0.2, -0.15) is 0 Å². The molecule has 1 atom stereocenters. The van der Waals surface area contributed by atoms with Gasteiger partial charge in [0.15, 0.2) is 0 Å². The van der Waals surface area contributed by atoms with E-state index in [2.05, 4.69) is 33.7 Å². The maximum atomic E-state index is 5.89. The second-order valence-corrected chi connectivity index (χ2v) is 5.08. The van der Waals surface area contributed by atoms with Crippen LogP contribution in [-0.4, -0.2) is 47.6 Å². The number of rotatable bonds is 2. The highest BCUT2D eigenvalue weighted by molar-refractivity contribution is 5.56. The number of nitrogens with two attached hydrogens (primary N) is 1. The predicted molar refractivity (Wildman–Crippen MR) is 74.7 cm³/mol. The van der Waals surface area contributed by atoms with Crippen molar-refractivity contribution >= 4 is 11.6 Å². The average Bonchev–Trinajstić information content (AvgIpc) is 2.54. The second-order valence-electron chi connectivity index (χ2n) is 5.08. The van der Waals surface area contributed by atoms with Crippen LogP contribution in [0.15, 0.2) is 6.33 Å². The minimum absolute atomic E-state index is 0.505. The first kappa shape index (κ1) is 13.1. The Hall–Kier alpha value is -1.36. The molecule has 0 aromatic carbocycles. The summed E-state index contributed by atoms with van der Waals surface area (Å²) >= 11 is 0. The zero-order chi connectivity index (χ0) is 13.1. The minimum atomic E-state index is 0.505. The van der Waals surface area contributed by atoms with E-state index in [-0.39, 0.29) is 0 Å². The van der Waals surface area contributed by atoms with Gasteiger partial charge in [-0.3, -0.25) is 0 Å². The molecule has 1 aromatic heterocycles. The van der Waals surface area contributed by atoms with E-state index in [1.54, 1.807) is 6.33 Å². The van der Waals surface area contributed by atoms with Crippen molar-refractivity contribution in [3.63, 3.8) is 0 Å². The Labute approximate surface area is 109 Å². The Bertz CT molecular complexity index is 406. The summed E-state index contributed by atoms with van der Waals surface area (Å²) in [5.41, 5.74) is 6.89. The van der Waals surface area contributed by atoms with E-state index >= 15 is 0 Å². The summed E-state index contributed by atoms with van der Waals surface area (Å²) in [6, 6.07) is 0.505. The topological polar surface area (TPSA) is 58.3 Å². The van der Waals surface area contributed by atoms with Gasteiger partial charge in [0.2, 0.25) is 0 Å². The largest absolute Gasteiger partial charge is 0.383 e. The monoisotopic (exact) mass is 249 g/mol.